The quantitative estimate of drug-likeness (QED) is 0.247. The first-order chi connectivity index (χ1) is 16.0. The van der Waals surface area contributed by atoms with Crippen molar-refractivity contribution in [2.24, 2.45) is 5.73 Å². The summed E-state index contributed by atoms with van der Waals surface area (Å²) in [6, 6.07) is 29.9. The van der Waals surface area contributed by atoms with E-state index in [2.05, 4.69) is 36.4 Å². The lowest BCUT2D eigenvalue weighted by Crippen LogP contribution is -2.12. The zero-order valence-corrected chi connectivity index (χ0v) is 18.0. The summed E-state index contributed by atoms with van der Waals surface area (Å²) < 4.78 is 1.80. The second-order valence-electron chi connectivity index (χ2n) is 8.25. The van der Waals surface area contributed by atoms with Gasteiger partial charge in [0, 0.05) is 23.0 Å². The molecule has 0 bridgehead atoms. The van der Waals surface area contributed by atoms with Gasteiger partial charge in [-0.15, -0.1) is 0 Å². The summed E-state index contributed by atoms with van der Waals surface area (Å²) in [7, 11) is 0. The number of aromatic carboxylic acids is 1. The molecule has 0 fully saturated rings. The van der Waals surface area contributed by atoms with Crippen molar-refractivity contribution >= 4 is 33.5 Å². The van der Waals surface area contributed by atoms with Gasteiger partial charge in [0.1, 0.15) is 11.5 Å². The smallest absolute Gasteiger partial charge is 0.352 e. The van der Waals surface area contributed by atoms with Crippen molar-refractivity contribution in [3.05, 3.63) is 119 Å². The molecule has 1 heterocycles. The lowest BCUT2D eigenvalue weighted by atomic mass is 9.97. The Morgan fingerprint density at radius 2 is 1.61 bits per heavy atom. The molecule has 5 nitrogen and oxygen atoms in total. The summed E-state index contributed by atoms with van der Waals surface area (Å²) in [5.74, 6) is -1.03. The number of benzene rings is 4. The number of carboxylic acids is 1. The van der Waals surface area contributed by atoms with E-state index in [9.17, 15) is 9.90 Å². The van der Waals surface area contributed by atoms with Gasteiger partial charge >= 0.3 is 5.97 Å². The fourth-order valence-corrected chi connectivity index (χ4v) is 4.46. The number of nitrogens with zero attached hydrogens (tertiary/aromatic N) is 1. The topological polar surface area (TPSA) is 92.1 Å². The van der Waals surface area contributed by atoms with Crippen LogP contribution in [0.25, 0.3) is 21.7 Å². The second kappa shape index (κ2) is 8.28. The first kappa shape index (κ1) is 20.5. The lowest BCUT2D eigenvalue weighted by molar-refractivity contribution is 0.0686. The van der Waals surface area contributed by atoms with Crippen molar-refractivity contribution in [2.45, 2.75) is 13.0 Å². The van der Waals surface area contributed by atoms with Crippen LogP contribution < -0.4 is 5.73 Å². The molecule has 5 rings (SSSR count). The van der Waals surface area contributed by atoms with Crippen molar-refractivity contribution < 1.29 is 9.90 Å². The predicted octanol–water partition coefficient (Wildman–Crippen LogP) is 5.42. The number of fused-ring (bicyclic) bond motifs is 2. The number of nitrogens with one attached hydrogen (secondary N) is 1. The molecule has 0 radical (unpaired) electrons. The van der Waals surface area contributed by atoms with E-state index in [1.807, 2.05) is 36.4 Å². The fraction of sp³-hybridized carbons (Fsp3) is 0.0714. The van der Waals surface area contributed by atoms with E-state index in [0.717, 1.165) is 33.7 Å². The normalized spacial score (nSPS) is 11.2. The molecule has 1 aromatic heterocycles. The number of aromatic nitrogens is 1. The molecule has 0 saturated carbocycles. The highest BCUT2D eigenvalue weighted by Crippen LogP contribution is 2.28. The molecule has 0 aliphatic carbocycles. The first-order valence-electron chi connectivity index (χ1n) is 10.7. The van der Waals surface area contributed by atoms with Crippen LogP contribution in [0.4, 0.5) is 0 Å². The standard InChI is InChI=1S/C28H23N3O2/c29-27(30)22-11-10-21-15-26(28(32)33)31(25(21)16-22)17-23-14-19(12-18-6-2-1-3-7-18)13-20-8-4-5-9-24(20)23/h1-11,13-16H,12,17H2,(H3,29,30)(H,32,33). The van der Waals surface area contributed by atoms with Crippen LogP contribution in [-0.2, 0) is 13.0 Å². The van der Waals surface area contributed by atoms with Crippen molar-refractivity contribution in [3.63, 3.8) is 0 Å². The van der Waals surface area contributed by atoms with E-state index < -0.39 is 5.97 Å². The summed E-state index contributed by atoms with van der Waals surface area (Å²) in [6.07, 6.45) is 0.797. The Morgan fingerprint density at radius 3 is 2.36 bits per heavy atom. The molecule has 5 aromatic rings. The van der Waals surface area contributed by atoms with Gasteiger partial charge in [0.25, 0.3) is 0 Å². The van der Waals surface area contributed by atoms with E-state index in [1.165, 1.54) is 11.1 Å². The Morgan fingerprint density at radius 1 is 0.848 bits per heavy atom. The Bertz CT molecular complexity index is 1520. The maximum atomic E-state index is 12.1. The second-order valence-corrected chi connectivity index (χ2v) is 8.25. The molecule has 0 aliphatic rings. The highest BCUT2D eigenvalue weighted by molar-refractivity contribution is 6.01. The van der Waals surface area contributed by atoms with Crippen LogP contribution in [0.15, 0.2) is 91.0 Å². The van der Waals surface area contributed by atoms with Gasteiger partial charge in [-0.3, -0.25) is 5.41 Å². The van der Waals surface area contributed by atoms with Crippen LogP contribution in [-0.4, -0.2) is 21.5 Å². The molecule has 0 atom stereocenters. The van der Waals surface area contributed by atoms with Crippen LogP contribution in [0.5, 0.6) is 0 Å². The Balaban J connectivity index is 1.67. The molecule has 4 N–H and O–H groups in total. The number of hydrogen-bond donors (Lipinski definition) is 3. The minimum absolute atomic E-state index is 0.0446. The van der Waals surface area contributed by atoms with Crippen molar-refractivity contribution in [1.82, 2.24) is 4.57 Å². The summed E-state index contributed by atoms with van der Waals surface area (Å²) in [6.45, 7) is 0.398. The van der Waals surface area contributed by atoms with Crippen molar-refractivity contribution in [3.8, 4) is 0 Å². The molecule has 0 amide bonds. The van der Waals surface area contributed by atoms with Gasteiger partial charge in [-0.2, -0.15) is 0 Å². The lowest BCUT2D eigenvalue weighted by Gasteiger charge is -2.14. The van der Waals surface area contributed by atoms with E-state index in [4.69, 9.17) is 11.1 Å². The summed E-state index contributed by atoms with van der Waals surface area (Å²) in [5.41, 5.74) is 10.7. The van der Waals surface area contributed by atoms with Gasteiger partial charge < -0.3 is 15.4 Å². The van der Waals surface area contributed by atoms with Crippen LogP contribution >= 0.6 is 0 Å². The third kappa shape index (κ3) is 3.96. The molecule has 0 aliphatic heterocycles. The van der Waals surface area contributed by atoms with Crippen LogP contribution in [0.2, 0.25) is 0 Å². The summed E-state index contributed by atoms with van der Waals surface area (Å²) >= 11 is 0. The number of hydrogen-bond acceptors (Lipinski definition) is 2. The zero-order valence-electron chi connectivity index (χ0n) is 18.0. The van der Waals surface area contributed by atoms with Gasteiger partial charge in [0.05, 0.1) is 0 Å². The average Bonchev–Trinajstić information content (AvgIpc) is 3.18. The Kier molecular flexibility index (Phi) is 5.15. The molecule has 4 aromatic carbocycles. The molecule has 162 valence electrons. The van der Waals surface area contributed by atoms with Gasteiger partial charge in [0.15, 0.2) is 0 Å². The first-order valence-corrected chi connectivity index (χ1v) is 10.7. The van der Waals surface area contributed by atoms with E-state index in [-0.39, 0.29) is 11.5 Å². The van der Waals surface area contributed by atoms with E-state index in [0.29, 0.717) is 12.1 Å². The molecular formula is C28H23N3O2. The third-order valence-corrected chi connectivity index (χ3v) is 6.02. The molecule has 5 heteroatoms. The Hall–Kier alpha value is -4.38. The highest BCUT2D eigenvalue weighted by Gasteiger charge is 2.17. The maximum Gasteiger partial charge on any atom is 0.352 e. The number of nitrogen functional groups attached to an aromatic ring is 1. The number of carbonyl (C=O) groups is 1. The van der Waals surface area contributed by atoms with Crippen LogP contribution in [0.3, 0.4) is 0 Å². The van der Waals surface area contributed by atoms with Gasteiger partial charge in [-0.05, 0) is 46.0 Å². The van der Waals surface area contributed by atoms with E-state index in [1.54, 1.807) is 22.8 Å². The predicted molar refractivity (Wildman–Crippen MR) is 132 cm³/mol. The average molecular weight is 434 g/mol. The summed E-state index contributed by atoms with van der Waals surface area (Å²) in [5, 5.41) is 20.7. The van der Waals surface area contributed by atoms with Crippen LogP contribution in [0.1, 0.15) is 32.7 Å². The fourth-order valence-electron chi connectivity index (χ4n) is 4.46. The number of rotatable bonds is 6. The van der Waals surface area contributed by atoms with Gasteiger partial charge in [-0.25, -0.2) is 4.79 Å². The largest absolute Gasteiger partial charge is 0.477 e. The maximum absolute atomic E-state index is 12.1. The van der Waals surface area contributed by atoms with Gasteiger partial charge in [-0.1, -0.05) is 78.9 Å². The zero-order chi connectivity index (χ0) is 22.9. The van der Waals surface area contributed by atoms with E-state index >= 15 is 0 Å². The van der Waals surface area contributed by atoms with Gasteiger partial charge in [0.2, 0.25) is 0 Å². The summed E-state index contributed by atoms with van der Waals surface area (Å²) in [4.78, 5) is 12.1. The number of amidine groups is 1. The van der Waals surface area contributed by atoms with Crippen LogP contribution in [0, 0.1) is 5.41 Å². The monoisotopic (exact) mass is 433 g/mol. The SMILES string of the molecule is N=C(N)c1ccc2cc(C(=O)O)n(Cc3cc(Cc4ccccc4)cc4ccccc34)c2c1. The Labute approximate surface area is 191 Å². The molecule has 0 spiro atoms. The third-order valence-electron chi connectivity index (χ3n) is 6.02. The molecule has 33 heavy (non-hydrogen) atoms. The molecule has 0 saturated heterocycles. The highest BCUT2D eigenvalue weighted by atomic mass is 16.4. The number of carboxylic acid groups (broad SMARTS) is 1. The van der Waals surface area contributed by atoms with Crippen molar-refractivity contribution in [2.75, 3.05) is 0 Å². The number of nitrogens with two attached hydrogens (primary N) is 1. The minimum atomic E-state index is -0.986. The van der Waals surface area contributed by atoms with Crippen molar-refractivity contribution in [1.29, 1.82) is 5.41 Å². The molecule has 0 unspecified atom stereocenters. The molecular weight excluding hydrogens is 410 g/mol. The minimum Gasteiger partial charge on any atom is -0.477 e.